The molecular weight excluding hydrogens is 244 g/mol. The molecule has 1 rings (SSSR count). The van der Waals surface area contributed by atoms with E-state index in [-0.39, 0.29) is 24.3 Å². The monoisotopic (exact) mass is 264 g/mol. The molecule has 0 saturated heterocycles. The number of anilines is 1. The van der Waals surface area contributed by atoms with Gasteiger partial charge >= 0.3 is 5.97 Å². The minimum Gasteiger partial charge on any atom is -0.481 e. The molecule has 0 radical (unpaired) electrons. The number of aliphatic carboxylic acids is 1. The summed E-state index contributed by atoms with van der Waals surface area (Å²) in [5.74, 6) is -1.24. The number of aryl methyl sites for hydroxylation is 1. The average Bonchev–Trinajstić information content (AvgIpc) is 2.35. The van der Waals surface area contributed by atoms with E-state index in [2.05, 4.69) is 5.32 Å². The molecule has 0 aliphatic carbocycles. The summed E-state index contributed by atoms with van der Waals surface area (Å²) in [5.41, 5.74) is 7.23. The molecule has 2 atom stereocenters. The predicted octanol–water partition coefficient (Wildman–Crippen LogP) is 1.63. The summed E-state index contributed by atoms with van der Waals surface area (Å²) in [6, 6.07) is 6.98. The second kappa shape index (κ2) is 6.89. The van der Waals surface area contributed by atoms with Gasteiger partial charge in [0.05, 0.1) is 5.92 Å². The zero-order valence-electron chi connectivity index (χ0n) is 11.2. The molecule has 19 heavy (non-hydrogen) atoms. The second-order valence-corrected chi connectivity index (χ2v) is 4.73. The van der Waals surface area contributed by atoms with E-state index in [1.165, 1.54) is 0 Å². The fraction of sp³-hybridized carbons (Fsp3) is 0.429. The van der Waals surface area contributed by atoms with Crippen LogP contribution in [0, 0.1) is 5.92 Å². The minimum atomic E-state index is -0.833. The van der Waals surface area contributed by atoms with Gasteiger partial charge in [-0.1, -0.05) is 19.1 Å². The van der Waals surface area contributed by atoms with Gasteiger partial charge in [0.2, 0.25) is 5.91 Å². The van der Waals surface area contributed by atoms with E-state index in [4.69, 9.17) is 10.8 Å². The number of benzene rings is 1. The van der Waals surface area contributed by atoms with Gasteiger partial charge in [0.1, 0.15) is 0 Å². The Morgan fingerprint density at radius 3 is 2.63 bits per heavy atom. The van der Waals surface area contributed by atoms with Crippen LogP contribution in [0.3, 0.4) is 0 Å². The number of nitrogens with one attached hydrogen (secondary N) is 1. The van der Waals surface area contributed by atoms with E-state index >= 15 is 0 Å². The first kappa shape index (κ1) is 15.2. The SMILES string of the molecule is CC(N)C(C)C(=O)Nc1cccc(CCC(=O)O)c1. The Hall–Kier alpha value is -1.88. The molecule has 0 bridgehead atoms. The van der Waals surface area contributed by atoms with Crippen molar-refractivity contribution in [2.75, 3.05) is 5.32 Å². The van der Waals surface area contributed by atoms with Gasteiger partial charge < -0.3 is 16.2 Å². The summed E-state index contributed by atoms with van der Waals surface area (Å²) in [4.78, 5) is 22.4. The number of amides is 1. The lowest BCUT2D eigenvalue weighted by Gasteiger charge is -2.15. The minimum absolute atomic E-state index is 0.0770. The lowest BCUT2D eigenvalue weighted by Crippen LogP contribution is -2.34. The highest BCUT2D eigenvalue weighted by atomic mass is 16.4. The van der Waals surface area contributed by atoms with E-state index < -0.39 is 5.97 Å². The molecular formula is C14H20N2O3. The van der Waals surface area contributed by atoms with Crippen molar-refractivity contribution in [2.45, 2.75) is 32.7 Å². The van der Waals surface area contributed by atoms with Crippen LogP contribution in [-0.4, -0.2) is 23.0 Å². The van der Waals surface area contributed by atoms with Gasteiger partial charge in [-0.2, -0.15) is 0 Å². The summed E-state index contributed by atoms with van der Waals surface area (Å²) in [7, 11) is 0. The van der Waals surface area contributed by atoms with Crippen LogP contribution in [0.5, 0.6) is 0 Å². The first-order valence-electron chi connectivity index (χ1n) is 6.27. The highest BCUT2D eigenvalue weighted by molar-refractivity contribution is 5.92. The van der Waals surface area contributed by atoms with Crippen molar-refractivity contribution in [1.82, 2.24) is 0 Å². The van der Waals surface area contributed by atoms with Gasteiger partial charge in [0.25, 0.3) is 0 Å². The lowest BCUT2D eigenvalue weighted by atomic mass is 10.0. The molecule has 0 spiro atoms. The molecule has 2 unspecified atom stereocenters. The highest BCUT2D eigenvalue weighted by Gasteiger charge is 2.16. The number of hydrogen-bond donors (Lipinski definition) is 3. The Bertz CT molecular complexity index is 458. The first-order chi connectivity index (χ1) is 8.90. The van der Waals surface area contributed by atoms with Crippen LogP contribution >= 0.6 is 0 Å². The number of nitrogens with two attached hydrogens (primary N) is 1. The number of hydrogen-bond acceptors (Lipinski definition) is 3. The van der Waals surface area contributed by atoms with Crippen LogP contribution in [0.1, 0.15) is 25.8 Å². The molecule has 5 heteroatoms. The Morgan fingerprint density at radius 1 is 1.37 bits per heavy atom. The maximum Gasteiger partial charge on any atom is 0.303 e. The van der Waals surface area contributed by atoms with Crippen molar-refractivity contribution in [2.24, 2.45) is 11.7 Å². The lowest BCUT2D eigenvalue weighted by molar-refractivity contribution is -0.137. The van der Waals surface area contributed by atoms with E-state index in [0.29, 0.717) is 12.1 Å². The maximum atomic E-state index is 11.8. The molecule has 5 nitrogen and oxygen atoms in total. The number of rotatable bonds is 6. The fourth-order valence-corrected chi connectivity index (χ4v) is 1.55. The maximum absolute atomic E-state index is 11.8. The van der Waals surface area contributed by atoms with Crippen LogP contribution in [0.15, 0.2) is 24.3 Å². The van der Waals surface area contributed by atoms with E-state index in [1.54, 1.807) is 32.0 Å². The van der Waals surface area contributed by atoms with Crippen molar-refractivity contribution >= 4 is 17.6 Å². The van der Waals surface area contributed by atoms with Crippen LogP contribution in [0.4, 0.5) is 5.69 Å². The molecule has 1 amide bonds. The van der Waals surface area contributed by atoms with Gasteiger partial charge in [-0.15, -0.1) is 0 Å². The first-order valence-corrected chi connectivity index (χ1v) is 6.27. The summed E-state index contributed by atoms with van der Waals surface area (Å²) >= 11 is 0. The average molecular weight is 264 g/mol. The largest absolute Gasteiger partial charge is 0.481 e. The molecule has 104 valence electrons. The molecule has 0 heterocycles. The zero-order valence-corrected chi connectivity index (χ0v) is 11.2. The highest BCUT2D eigenvalue weighted by Crippen LogP contribution is 2.14. The molecule has 1 aromatic carbocycles. The number of carboxylic acid groups (broad SMARTS) is 1. The molecule has 0 aliphatic rings. The predicted molar refractivity (Wildman–Crippen MR) is 73.8 cm³/mol. The third kappa shape index (κ3) is 5.09. The quantitative estimate of drug-likeness (QED) is 0.728. The summed E-state index contributed by atoms with van der Waals surface area (Å²) in [6.07, 6.45) is 0.523. The van der Waals surface area contributed by atoms with Crippen molar-refractivity contribution in [3.05, 3.63) is 29.8 Å². The Balaban J connectivity index is 2.66. The Kier molecular flexibility index (Phi) is 5.51. The zero-order chi connectivity index (χ0) is 14.4. The van der Waals surface area contributed by atoms with Crippen molar-refractivity contribution < 1.29 is 14.7 Å². The topological polar surface area (TPSA) is 92.4 Å². The summed E-state index contributed by atoms with van der Waals surface area (Å²) in [6.45, 7) is 3.56. The Morgan fingerprint density at radius 2 is 2.05 bits per heavy atom. The molecule has 4 N–H and O–H groups in total. The number of carbonyl (C=O) groups excluding carboxylic acids is 1. The molecule has 0 saturated carbocycles. The van der Waals surface area contributed by atoms with Crippen LogP contribution in [0.2, 0.25) is 0 Å². The van der Waals surface area contributed by atoms with E-state index in [9.17, 15) is 9.59 Å². The van der Waals surface area contributed by atoms with Gasteiger partial charge in [-0.3, -0.25) is 9.59 Å². The Labute approximate surface area is 112 Å². The fourth-order valence-electron chi connectivity index (χ4n) is 1.55. The van der Waals surface area contributed by atoms with Crippen molar-refractivity contribution in [3.8, 4) is 0 Å². The molecule has 1 aromatic rings. The van der Waals surface area contributed by atoms with Crippen LogP contribution in [0.25, 0.3) is 0 Å². The van der Waals surface area contributed by atoms with Crippen LogP contribution in [-0.2, 0) is 16.0 Å². The molecule has 0 aliphatic heterocycles. The van der Waals surface area contributed by atoms with Gasteiger partial charge in [-0.25, -0.2) is 0 Å². The second-order valence-electron chi connectivity index (χ2n) is 4.73. The van der Waals surface area contributed by atoms with Crippen molar-refractivity contribution in [3.63, 3.8) is 0 Å². The third-order valence-corrected chi connectivity index (χ3v) is 3.02. The van der Waals surface area contributed by atoms with Crippen molar-refractivity contribution in [1.29, 1.82) is 0 Å². The molecule has 0 fully saturated rings. The third-order valence-electron chi connectivity index (χ3n) is 3.02. The normalized spacial score (nSPS) is 13.6. The van der Waals surface area contributed by atoms with Gasteiger partial charge in [0, 0.05) is 18.2 Å². The van der Waals surface area contributed by atoms with Gasteiger partial charge in [-0.05, 0) is 31.0 Å². The molecule has 0 aromatic heterocycles. The van der Waals surface area contributed by atoms with Crippen LogP contribution < -0.4 is 11.1 Å². The summed E-state index contributed by atoms with van der Waals surface area (Å²) in [5, 5.41) is 11.4. The smallest absolute Gasteiger partial charge is 0.303 e. The van der Waals surface area contributed by atoms with E-state index in [0.717, 1.165) is 5.56 Å². The summed E-state index contributed by atoms with van der Waals surface area (Å²) < 4.78 is 0. The number of carbonyl (C=O) groups is 2. The van der Waals surface area contributed by atoms with E-state index in [1.807, 2.05) is 6.07 Å². The van der Waals surface area contributed by atoms with Gasteiger partial charge in [0.15, 0.2) is 0 Å². The number of carboxylic acids is 1. The standard InChI is InChI=1S/C14H20N2O3/c1-9(10(2)15)14(19)16-12-5-3-4-11(8-12)6-7-13(17)18/h3-5,8-10H,6-7,15H2,1-2H3,(H,16,19)(H,17,18).